The molecule has 2 amide bonds. The molecule has 3 N–H and O–H groups in total. The summed E-state index contributed by atoms with van der Waals surface area (Å²) >= 11 is 0. The molecule has 8 heteroatoms. The summed E-state index contributed by atoms with van der Waals surface area (Å²) < 4.78 is 0. The molecule has 0 aliphatic heterocycles. The molecule has 3 atom stereocenters. The molecule has 0 unspecified atom stereocenters. The van der Waals surface area contributed by atoms with Crippen molar-refractivity contribution in [2.75, 3.05) is 0 Å². The summed E-state index contributed by atoms with van der Waals surface area (Å²) in [6.45, 7) is 9.59. The Morgan fingerprint density at radius 3 is 2.17 bits per heavy atom. The highest BCUT2D eigenvalue weighted by atomic mass is 35.5. The van der Waals surface area contributed by atoms with E-state index in [-0.39, 0.29) is 30.8 Å². The number of carbonyl (C=O) groups excluding carboxylic acids is 2. The third kappa shape index (κ3) is 10.0. The van der Waals surface area contributed by atoms with E-state index in [1.54, 1.807) is 12.4 Å². The first-order valence-electron chi connectivity index (χ1n) is 13.8. The molecule has 3 aromatic rings. The van der Waals surface area contributed by atoms with E-state index in [1.807, 2.05) is 58.0 Å². The third-order valence-electron chi connectivity index (χ3n) is 7.17. The molecule has 0 aliphatic carbocycles. The van der Waals surface area contributed by atoms with Gasteiger partial charge in [-0.05, 0) is 78.5 Å². The topological polar surface area (TPSA) is 108 Å². The van der Waals surface area contributed by atoms with Gasteiger partial charge in [0.25, 0.3) is 0 Å². The highest BCUT2D eigenvalue weighted by molar-refractivity contribution is 5.90. The SMILES string of the molecule is Cc1cc(CCC[C@H](CC(=O)O)C(=O)N[C@H](C(=O)N[C@H](C)c2ccncc2)C(C)(C)C)ccc1-c1ccccc1.Cl. The van der Waals surface area contributed by atoms with E-state index in [0.29, 0.717) is 12.8 Å². The molecule has 0 fully saturated rings. The van der Waals surface area contributed by atoms with Gasteiger partial charge in [-0.25, -0.2) is 0 Å². The van der Waals surface area contributed by atoms with Crippen LogP contribution in [0.25, 0.3) is 11.1 Å². The predicted octanol–water partition coefficient (Wildman–Crippen LogP) is 6.30. The number of rotatable bonds is 12. The highest BCUT2D eigenvalue weighted by Crippen LogP contribution is 2.26. The van der Waals surface area contributed by atoms with Gasteiger partial charge in [-0.15, -0.1) is 12.4 Å². The van der Waals surface area contributed by atoms with Crippen molar-refractivity contribution >= 4 is 30.2 Å². The van der Waals surface area contributed by atoms with Crippen LogP contribution >= 0.6 is 12.4 Å². The summed E-state index contributed by atoms with van der Waals surface area (Å²) in [7, 11) is 0. The highest BCUT2D eigenvalue weighted by Gasteiger charge is 2.35. The van der Waals surface area contributed by atoms with E-state index in [9.17, 15) is 19.5 Å². The third-order valence-corrected chi connectivity index (χ3v) is 7.17. The first-order valence-corrected chi connectivity index (χ1v) is 13.8. The molecule has 0 spiro atoms. The van der Waals surface area contributed by atoms with Crippen molar-refractivity contribution in [3.8, 4) is 11.1 Å². The van der Waals surface area contributed by atoms with Gasteiger partial charge in [0.2, 0.25) is 11.8 Å². The Bertz CT molecular complexity index is 1290. The Balaban J connectivity index is 0.00000588. The lowest BCUT2D eigenvalue weighted by molar-refractivity contribution is -0.142. The Kier molecular flexibility index (Phi) is 12.5. The fraction of sp³-hybridized carbons (Fsp3) is 0.394. The monoisotopic (exact) mass is 579 g/mol. The fourth-order valence-corrected chi connectivity index (χ4v) is 4.88. The number of nitrogens with one attached hydrogen (secondary N) is 2. The number of nitrogens with zero attached hydrogens (tertiary/aromatic N) is 1. The van der Waals surface area contributed by atoms with Gasteiger partial charge >= 0.3 is 5.97 Å². The molecular formula is C33H42ClN3O4. The van der Waals surface area contributed by atoms with Gasteiger partial charge in [-0.2, -0.15) is 0 Å². The lowest BCUT2D eigenvalue weighted by Crippen LogP contribution is -2.55. The Hall–Kier alpha value is -3.71. The van der Waals surface area contributed by atoms with Crippen LogP contribution in [0, 0.1) is 18.3 Å². The van der Waals surface area contributed by atoms with Crippen molar-refractivity contribution in [2.24, 2.45) is 11.3 Å². The number of carbonyl (C=O) groups is 3. The number of halogens is 1. The largest absolute Gasteiger partial charge is 0.481 e. The van der Waals surface area contributed by atoms with Crippen molar-refractivity contribution < 1.29 is 19.5 Å². The van der Waals surface area contributed by atoms with E-state index < -0.39 is 29.3 Å². The van der Waals surface area contributed by atoms with Gasteiger partial charge in [0.05, 0.1) is 12.5 Å². The number of pyridine rings is 1. The molecule has 0 saturated carbocycles. The number of benzene rings is 2. The second-order valence-electron chi connectivity index (χ2n) is 11.5. The number of carboxylic acids is 1. The lowest BCUT2D eigenvalue weighted by atomic mass is 9.85. The number of aromatic nitrogens is 1. The standard InChI is InChI=1S/C33H41N3O4.ClH/c1-22-20-24(14-15-28(22)26-11-7-6-8-12-26)10-9-13-27(21-29(37)38)31(39)36-30(33(3,4)5)32(40)35-23(2)25-16-18-34-19-17-25;/h6-8,11-12,14-20,23,27,30H,9-10,13,21H2,1-5H3,(H,35,40)(H,36,39)(H,37,38);1H/t23-,27-,30-;/m1./s1. The molecule has 2 aromatic carbocycles. The van der Waals surface area contributed by atoms with Gasteiger partial charge in [-0.1, -0.05) is 69.3 Å². The van der Waals surface area contributed by atoms with Gasteiger partial charge in [-0.3, -0.25) is 19.4 Å². The maximum absolute atomic E-state index is 13.3. The van der Waals surface area contributed by atoms with Crippen LogP contribution in [0.3, 0.4) is 0 Å². The zero-order chi connectivity index (χ0) is 29.3. The van der Waals surface area contributed by atoms with Crippen molar-refractivity contribution in [3.05, 3.63) is 89.7 Å². The van der Waals surface area contributed by atoms with Crippen LogP contribution in [-0.4, -0.2) is 33.9 Å². The summed E-state index contributed by atoms with van der Waals surface area (Å²) in [5.41, 5.74) is 4.98. The summed E-state index contributed by atoms with van der Waals surface area (Å²) in [5.74, 6) is -2.50. The first-order chi connectivity index (χ1) is 19.0. The molecule has 0 aliphatic rings. The van der Waals surface area contributed by atoms with Gasteiger partial charge < -0.3 is 15.7 Å². The van der Waals surface area contributed by atoms with E-state index >= 15 is 0 Å². The Labute approximate surface area is 249 Å². The molecule has 0 radical (unpaired) electrons. The Morgan fingerprint density at radius 2 is 1.59 bits per heavy atom. The summed E-state index contributed by atoms with van der Waals surface area (Å²) in [6, 6.07) is 19.1. The molecule has 1 heterocycles. The normalized spacial score (nSPS) is 13.3. The molecule has 0 bridgehead atoms. The molecular weight excluding hydrogens is 538 g/mol. The number of carboxylic acid groups (broad SMARTS) is 1. The molecule has 220 valence electrons. The lowest BCUT2D eigenvalue weighted by Gasteiger charge is -2.32. The fourth-order valence-electron chi connectivity index (χ4n) is 4.88. The zero-order valence-corrected chi connectivity index (χ0v) is 25.3. The predicted molar refractivity (Wildman–Crippen MR) is 165 cm³/mol. The average Bonchev–Trinajstić information content (AvgIpc) is 2.91. The minimum Gasteiger partial charge on any atom is -0.481 e. The Morgan fingerprint density at radius 1 is 0.927 bits per heavy atom. The number of hydrogen-bond donors (Lipinski definition) is 3. The van der Waals surface area contributed by atoms with E-state index in [1.165, 1.54) is 11.1 Å². The van der Waals surface area contributed by atoms with Crippen molar-refractivity contribution in [1.82, 2.24) is 15.6 Å². The van der Waals surface area contributed by atoms with Gasteiger partial charge in [0.1, 0.15) is 6.04 Å². The number of aryl methyl sites for hydroxylation is 2. The van der Waals surface area contributed by atoms with Crippen LogP contribution in [-0.2, 0) is 20.8 Å². The van der Waals surface area contributed by atoms with E-state index in [2.05, 4.69) is 52.9 Å². The first kappa shape index (κ1) is 33.5. The zero-order valence-electron chi connectivity index (χ0n) is 24.5. The maximum atomic E-state index is 13.3. The van der Waals surface area contributed by atoms with E-state index in [0.717, 1.165) is 23.1 Å². The van der Waals surface area contributed by atoms with Crippen molar-refractivity contribution in [3.63, 3.8) is 0 Å². The molecule has 0 saturated heterocycles. The van der Waals surface area contributed by atoms with Gasteiger partial charge in [0, 0.05) is 18.3 Å². The number of aliphatic carboxylic acids is 1. The van der Waals surface area contributed by atoms with Crippen LogP contribution < -0.4 is 10.6 Å². The second kappa shape index (κ2) is 15.3. The summed E-state index contributed by atoms with van der Waals surface area (Å²) in [5, 5.41) is 15.4. The van der Waals surface area contributed by atoms with Crippen LogP contribution in [0.1, 0.15) is 69.7 Å². The summed E-state index contributed by atoms with van der Waals surface area (Å²) in [6.07, 6.45) is 4.83. The van der Waals surface area contributed by atoms with Crippen LogP contribution in [0.15, 0.2) is 73.1 Å². The quantitative estimate of drug-likeness (QED) is 0.233. The second-order valence-corrected chi connectivity index (χ2v) is 11.5. The van der Waals surface area contributed by atoms with Gasteiger partial charge in [0.15, 0.2) is 0 Å². The maximum Gasteiger partial charge on any atom is 0.304 e. The molecule has 3 rings (SSSR count). The van der Waals surface area contributed by atoms with Crippen LogP contribution in [0.2, 0.25) is 0 Å². The smallest absolute Gasteiger partial charge is 0.304 e. The molecule has 41 heavy (non-hydrogen) atoms. The average molecular weight is 580 g/mol. The minimum atomic E-state index is -1.04. The van der Waals surface area contributed by atoms with Crippen molar-refractivity contribution in [1.29, 1.82) is 0 Å². The summed E-state index contributed by atoms with van der Waals surface area (Å²) in [4.78, 5) is 42.2. The number of amides is 2. The molecule has 7 nitrogen and oxygen atoms in total. The van der Waals surface area contributed by atoms with E-state index in [4.69, 9.17) is 0 Å². The van der Waals surface area contributed by atoms with Crippen LogP contribution in [0.5, 0.6) is 0 Å². The minimum absolute atomic E-state index is 0. The number of hydrogen-bond acceptors (Lipinski definition) is 4. The molecule has 1 aromatic heterocycles. The van der Waals surface area contributed by atoms with Crippen LogP contribution in [0.4, 0.5) is 0 Å². The van der Waals surface area contributed by atoms with Crippen molar-refractivity contribution in [2.45, 2.75) is 72.4 Å².